The van der Waals surface area contributed by atoms with Gasteiger partial charge in [-0.1, -0.05) is 6.07 Å². The second kappa shape index (κ2) is 7.19. The van der Waals surface area contributed by atoms with E-state index in [0.717, 1.165) is 25.9 Å². The van der Waals surface area contributed by atoms with Gasteiger partial charge < -0.3 is 15.5 Å². The Kier molecular flexibility index (Phi) is 5.29. The fraction of sp³-hybridized carbons (Fsp3) is 0.429. The first kappa shape index (κ1) is 14.7. The van der Waals surface area contributed by atoms with Crippen LogP contribution in [-0.2, 0) is 4.79 Å². The molecule has 4 nitrogen and oxygen atoms in total. The molecule has 1 saturated heterocycles. The van der Waals surface area contributed by atoms with Gasteiger partial charge in [-0.15, -0.1) is 0 Å². The molecule has 20 heavy (non-hydrogen) atoms. The molecule has 0 atom stereocenters. The number of hydrogen-bond donors (Lipinski definition) is 2. The largest absolute Gasteiger partial charge is 0.362 e. The Balaban J connectivity index is 1.64. The molecule has 0 saturated carbocycles. The van der Waals surface area contributed by atoms with E-state index in [2.05, 4.69) is 10.6 Å². The number of benzene rings is 1. The van der Waals surface area contributed by atoms with Crippen LogP contribution >= 0.6 is 12.2 Å². The third kappa shape index (κ3) is 4.45. The average Bonchev–Trinajstić information content (AvgIpc) is 2.80. The maximum absolute atomic E-state index is 13.0. The van der Waals surface area contributed by atoms with E-state index >= 15 is 0 Å². The molecule has 1 amide bonds. The zero-order valence-electron chi connectivity index (χ0n) is 11.2. The van der Waals surface area contributed by atoms with E-state index in [-0.39, 0.29) is 11.7 Å². The van der Waals surface area contributed by atoms with Crippen molar-refractivity contribution in [3.8, 4) is 0 Å². The molecular weight excluding hydrogens is 277 g/mol. The summed E-state index contributed by atoms with van der Waals surface area (Å²) < 4.78 is 13.0. The highest BCUT2D eigenvalue weighted by molar-refractivity contribution is 7.80. The van der Waals surface area contributed by atoms with Crippen molar-refractivity contribution in [2.75, 3.05) is 25.0 Å². The maximum Gasteiger partial charge on any atom is 0.222 e. The molecule has 2 N–H and O–H groups in total. The monoisotopic (exact) mass is 295 g/mol. The third-order valence-corrected chi connectivity index (χ3v) is 3.39. The number of amides is 1. The van der Waals surface area contributed by atoms with Crippen molar-refractivity contribution in [2.45, 2.75) is 19.3 Å². The van der Waals surface area contributed by atoms with E-state index < -0.39 is 0 Å². The van der Waals surface area contributed by atoms with Gasteiger partial charge in [-0.05, 0) is 43.3 Å². The number of likely N-dealkylation sites (tertiary alicyclic amines) is 1. The quantitative estimate of drug-likeness (QED) is 0.645. The minimum Gasteiger partial charge on any atom is -0.362 e. The van der Waals surface area contributed by atoms with Gasteiger partial charge in [0.1, 0.15) is 5.82 Å². The summed E-state index contributed by atoms with van der Waals surface area (Å²) in [5, 5.41) is 6.43. The van der Waals surface area contributed by atoms with Crippen LogP contribution in [-0.4, -0.2) is 35.6 Å². The van der Waals surface area contributed by atoms with Crippen LogP contribution in [0.15, 0.2) is 24.3 Å². The van der Waals surface area contributed by atoms with Gasteiger partial charge in [0.05, 0.1) is 0 Å². The number of carbonyl (C=O) groups excluding carboxylic acids is 1. The van der Waals surface area contributed by atoms with Gasteiger partial charge in [0.25, 0.3) is 0 Å². The van der Waals surface area contributed by atoms with Crippen LogP contribution < -0.4 is 10.6 Å². The topological polar surface area (TPSA) is 44.4 Å². The zero-order valence-corrected chi connectivity index (χ0v) is 12.0. The molecule has 0 aromatic heterocycles. The smallest absolute Gasteiger partial charge is 0.222 e. The fourth-order valence-corrected chi connectivity index (χ4v) is 2.37. The van der Waals surface area contributed by atoms with Gasteiger partial charge in [0.15, 0.2) is 5.11 Å². The first-order valence-electron chi connectivity index (χ1n) is 6.73. The normalized spacial score (nSPS) is 14.4. The second-order valence-corrected chi connectivity index (χ2v) is 5.14. The molecule has 108 valence electrons. The zero-order chi connectivity index (χ0) is 14.4. The van der Waals surface area contributed by atoms with Crippen molar-refractivity contribution >= 4 is 28.9 Å². The molecule has 2 rings (SSSR count). The molecule has 1 aliphatic heterocycles. The van der Waals surface area contributed by atoms with Crippen LogP contribution in [0.5, 0.6) is 0 Å². The highest BCUT2D eigenvalue weighted by Crippen LogP contribution is 2.10. The predicted octanol–water partition coefficient (Wildman–Crippen LogP) is 2.12. The van der Waals surface area contributed by atoms with Crippen LogP contribution in [0.2, 0.25) is 0 Å². The Morgan fingerprint density at radius 3 is 3.00 bits per heavy atom. The molecular formula is C14H18FN3OS. The van der Waals surface area contributed by atoms with E-state index in [0.29, 0.717) is 23.8 Å². The van der Waals surface area contributed by atoms with E-state index in [4.69, 9.17) is 12.2 Å². The lowest BCUT2D eigenvalue weighted by atomic mass is 10.3. The number of nitrogens with one attached hydrogen (secondary N) is 2. The van der Waals surface area contributed by atoms with E-state index in [1.165, 1.54) is 12.1 Å². The summed E-state index contributed by atoms with van der Waals surface area (Å²) >= 11 is 5.13. The summed E-state index contributed by atoms with van der Waals surface area (Å²) in [6.45, 7) is 2.31. The summed E-state index contributed by atoms with van der Waals surface area (Å²) in [6, 6.07) is 6.14. The number of halogens is 1. The van der Waals surface area contributed by atoms with Crippen LogP contribution in [0.3, 0.4) is 0 Å². The molecule has 0 radical (unpaired) electrons. The Morgan fingerprint density at radius 1 is 1.45 bits per heavy atom. The number of hydrogen-bond acceptors (Lipinski definition) is 2. The summed E-state index contributed by atoms with van der Waals surface area (Å²) in [4.78, 5) is 13.3. The summed E-state index contributed by atoms with van der Waals surface area (Å²) in [7, 11) is 0. The van der Waals surface area contributed by atoms with Gasteiger partial charge in [0.2, 0.25) is 5.91 Å². The van der Waals surface area contributed by atoms with Crippen LogP contribution in [0.1, 0.15) is 19.3 Å². The summed E-state index contributed by atoms with van der Waals surface area (Å²) in [5.74, 6) is -0.0594. The van der Waals surface area contributed by atoms with Crippen molar-refractivity contribution in [3.05, 3.63) is 30.1 Å². The van der Waals surface area contributed by atoms with Gasteiger partial charge in [0, 0.05) is 31.7 Å². The number of carbonyl (C=O) groups is 1. The molecule has 0 aliphatic carbocycles. The van der Waals surface area contributed by atoms with Crippen LogP contribution in [0.25, 0.3) is 0 Å². The lowest BCUT2D eigenvalue weighted by Gasteiger charge is -2.16. The van der Waals surface area contributed by atoms with E-state index in [1.807, 2.05) is 4.90 Å². The Bertz CT molecular complexity index is 495. The molecule has 6 heteroatoms. The lowest BCUT2D eigenvalue weighted by molar-refractivity contribution is -0.127. The average molecular weight is 295 g/mol. The summed E-state index contributed by atoms with van der Waals surface area (Å²) in [6.07, 6.45) is 2.48. The van der Waals surface area contributed by atoms with Gasteiger partial charge in [-0.25, -0.2) is 4.39 Å². The number of nitrogens with zero attached hydrogens (tertiary/aromatic N) is 1. The first-order chi connectivity index (χ1) is 9.65. The van der Waals surface area contributed by atoms with Crippen LogP contribution in [0.4, 0.5) is 10.1 Å². The van der Waals surface area contributed by atoms with Crippen molar-refractivity contribution in [1.82, 2.24) is 10.2 Å². The number of rotatable bonds is 5. The summed E-state index contributed by atoms with van der Waals surface area (Å²) in [5.41, 5.74) is 0.622. The van der Waals surface area contributed by atoms with Crippen LogP contribution in [0, 0.1) is 5.82 Å². The van der Waals surface area contributed by atoms with E-state index in [1.54, 1.807) is 12.1 Å². The van der Waals surface area contributed by atoms with Gasteiger partial charge >= 0.3 is 0 Å². The Hall–Kier alpha value is -1.69. The first-order valence-corrected chi connectivity index (χ1v) is 7.14. The molecule has 1 heterocycles. The third-order valence-electron chi connectivity index (χ3n) is 3.14. The number of thiocarbonyl (C=S) groups is 1. The van der Waals surface area contributed by atoms with Crippen molar-refractivity contribution < 1.29 is 9.18 Å². The molecule has 1 aromatic rings. The van der Waals surface area contributed by atoms with E-state index in [9.17, 15) is 9.18 Å². The standard InChI is InChI=1S/C14H18FN3OS/c15-11-4-1-5-12(10-11)17-14(20)16-7-3-9-18-8-2-6-13(18)19/h1,4-5,10H,2-3,6-9H2,(H2,16,17,20). The molecule has 0 bridgehead atoms. The molecule has 0 spiro atoms. The molecule has 1 aliphatic rings. The SMILES string of the molecule is O=C1CCCN1CCCNC(=S)Nc1cccc(F)c1. The Labute approximate surface area is 123 Å². The van der Waals surface area contributed by atoms with Crippen molar-refractivity contribution in [2.24, 2.45) is 0 Å². The fourth-order valence-electron chi connectivity index (χ4n) is 2.15. The number of anilines is 1. The highest BCUT2D eigenvalue weighted by atomic mass is 32.1. The van der Waals surface area contributed by atoms with Gasteiger partial charge in [-0.3, -0.25) is 4.79 Å². The Morgan fingerprint density at radius 2 is 2.30 bits per heavy atom. The lowest BCUT2D eigenvalue weighted by Crippen LogP contribution is -2.32. The van der Waals surface area contributed by atoms with Crippen molar-refractivity contribution in [3.63, 3.8) is 0 Å². The van der Waals surface area contributed by atoms with Gasteiger partial charge in [-0.2, -0.15) is 0 Å². The maximum atomic E-state index is 13.0. The van der Waals surface area contributed by atoms with Crippen molar-refractivity contribution in [1.29, 1.82) is 0 Å². The predicted molar refractivity (Wildman–Crippen MR) is 81.1 cm³/mol. The minimum atomic E-state index is -0.301. The highest BCUT2D eigenvalue weighted by Gasteiger charge is 2.18. The molecule has 1 fully saturated rings. The molecule has 0 unspecified atom stereocenters. The minimum absolute atomic E-state index is 0.241. The second-order valence-electron chi connectivity index (χ2n) is 4.73. The molecule has 1 aromatic carbocycles.